The number of hydrogen-bond donors (Lipinski definition) is 1. The van der Waals surface area contributed by atoms with Crippen LogP contribution >= 0.6 is 0 Å². The average molecular weight is 444 g/mol. The molecule has 0 spiro atoms. The first-order chi connectivity index (χ1) is 15.0. The van der Waals surface area contributed by atoms with Crippen LogP contribution in [-0.4, -0.2) is 44.9 Å². The Kier molecular flexibility index (Phi) is 6.17. The van der Waals surface area contributed by atoms with E-state index in [2.05, 4.69) is 5.32 Å². The number of ether oxygens (including phenoxy) is 1. The van der Waals surface area contributed by atoms with Gasteiger partial charge in [0, 0.05) is 13.1 Å². The van der Waals surface area contributed by atoms with E-state index in [9.17, 15) is 17.6 Å². The summed E-state index contributed by atoms with van der Waals surface area (Å²) in [5, 5.41) is 2.75. The topological polar surface area (TPSA) is 88.8 Å². The number of carbonyl (C=O) groups is 1. The summed E-state index contributed by atoms with van der Waals surface area (Å²) in [7, 11) is -3.87. The van der Waals surface area contributed by atoms with Gasteiger partial charge in [-0.05, 0) is 35.9 Å². The third kappa shape index (κ3) is 4.53. The summed E-state index contributed by atoms with van der Waals surface area (Å²) >= 11 is 0. The zero-order valence-corrected chi connectivity index (χ0v) is 17.3. The van der Waals surface area contributed by atoms with E-state index in [0.29, 0.717) is 5.76 Å². The molecule has 0 bridgehead atoms. The van der Waals surface area contributed by atoms with Crippen molar-refractivity contribution < 1.29 is 26.8 Å². The highest BCUT2D eigenvalue weighted by Crippen LogP contribution is 2.25. The Balaban J connectivity index is 1.64. The maximum absolute atomic E-state index is 14.5. The molecule has 2 heterocycles. The molecule has 1 atom stereocenters. The van der Waals surface area contributed by atoms with Gasteiger partial charge < -0.3 is 14.5 Å². The molecule has 3 aromatic rings. The average Bonchev–Trinajstić information content (AvgIpc) is 3.33. The van der Waals surface area contributed by atoms with Crippen molar-refractivity contribution in [2.45, 2.75) is 10.9 Å². The summed E-state index contributed by atoms with van der Waals surface area (Å²) in [5.41, 5.74) is 0.380. The van der Waals surface area contributed by atoms with Gasteiger partial charge in [-0.3, -0.25) is 4.79 Å². The first-order valence-corrected chi connectivity index (χ1v) is 11.2. The van der Waals surface area contributed by atoms with Gasteiger partial charge >= 0.3 is 0 Å². The summed E-state index contributed by atoms with van der Waals surface area (Å²) < 4.78 is 52.3. The number of furan rings is 1. The van der Waals surface area contributed by atoms with Crippen LogP contribution < -0.4 is 5.32 Å². The van der Waals surface area contributed by atoms with Gasteiger partial charge in [0.05, 0.1) is 29.9 Å². The highest BCUT2D eigenvalue weighted by atomic mass is 32.2. The number of nitrogens with zero attached hydrogens (tertiary/aromatic N) is 1. The fraction of sp³-hybridized carbons (Fsp3) is 0.227. The monoisotopic (exact) mass is 444 g/mol. The lowest BCUT2D eigenvalue weighted by atomic mass is 10.0. The number of carbonyl (C=O) groups excluding carboxylic acids is 1. The van der Waals surface area contributed by atoms with Crippen molar-refractivity contribution in [1.29, 1.82) is 0 Å². The lowest BCUT2D eigenvalue weighted by molar-refractivity contribution is 0.0730. The number of nitrogens with one attached hydrogen (secondary N) is 1. The van der Waals surface area contributed by atoms with Crippen molar-refractivity contribution in [2.24, 2.45) is 0 Å². The Hall–Kier alpha value is -3.01. The van der Waals surface area contributed by atoms with Gasteiger partial charge in [0.1, 0.15) is 17.6 Å². The Morgan fingerprint density at radius 2 is 1.77 bits per heavy atom. The predicted octanol–water partition coefficient (Wildman–Crippen LogP) is 2.96. The van der Waals surface area contributed by atoms with Crippen LogP contribution in [0.2, 0.25) is 0 Å². The highest BCUT2D eigenvalue weighted by Gasteiger charge is 2.29. The van der Waals surface area contributed by atoms with Gasteiger partial charge in [-0.1, -0.05) is 30.3 Å². The van der Waals surface area contributed by atoms with Crippen molar-refractivity contribution in [1.82, 2.24) is 9.62 Å². The summed E-state index contributed by atoms with van der Waals surface area (Å²) in [5.74, 6) is -1.09. The van der Waals surface area contributed by atoms with Crippen molar-refractivity contribution in [3.05, 3.63) is 89.6 Å². The van der Waals surface area contributed by atoms with Gasteiger partial charge in [-0.25, -0.2) is 12.8 Å². The minimum atomic E-state index is -3.87. The Morgan fingerprint density at radius 1 is 1.03 bits per heavy atom. The third-order valence-electron chi connectivity index (χ3n) is 5.03. The van der Waals surface area contributed by atoms with Gasteiger partial charge in [-0.15, -0.1) is 0 Å². The normalized spacial score (nSPS) is 16.0. The van der Waals surface area contributed by atoms with Crippen LogP contribution in [0.25, 0.3) is 0 Å². The second kappa shape index (κ2) is 9.01. The lowest BCUT2D eigenvalue weighted by Gasteiger charge is -2.26. The van der Waals surface area contributed by atoms with Crippen LogP contribution in [0.15, 0.2) is 76.2 Å². The van der Waals surface area contributed by atoms with Crippen LogP contribution in [0.5, 0.6) is 0 Å². The van der Waals surface area contributed by atoms with E-state index < -0.39 is 27.8 Å². The SMILES string of the molecule is O=C(NC(c1ccccc1)c1ccco1)c1cc(S(=O)(=O)N2CCOCC2)ccc1F. The van der Waals surface area contributed by atoms with Crippen molar-refractivity contribution in [2.75, 3.05) is 26.3 Å². The molecule has 4 rings (SSSR count). The number of rotatable bonds is 6. The lowest BCUT2D eigenvalue weighted by Crippen LogP contribution is -2.40. The smallest absolute Gasteiger partial charge is 0.255 e. The third-order valence-corrected chi connectivity index (χ3v) is 6.92. The predicted molar refractivity (Wildman–Crippen MR) is 110 cm³/mol. The van der Waals surface area contributed by atoms with E-state index in [4.69, 9.17) is 9.15 Å². The maximum Gasteiger partial charge on any atom is 0.255 e. The zero-order valence-electron chi connectivity index (χ0n) is 16.5. The van der Waals surface area contributed by atoms with E-state index in [1.807, 2.05) is 30.3 Å². The molecule has 1 unspecified atom stereocenters. The molecule has 1 aromatic heterocycles. The number of benzene rings is 2. The van der Waals surface area contributed by atoms with Gasteiger partial charge in [0.25, 0.3) is 5.91 Å². The summed E-state index contributed by atoms with van der Waals surface area (Å²) in [6.45, 7) is 0.983. The van der Waals surface area contributed by atoms with Crippen molar-refractivity contribution >= 4 is 15.9 Å². The molecule has 9 heteroatoms. The molecule has 162 valence electrons. The standard InChI is InChI=1S/C22H21FN2O5S/c23-19-9-8-17(31(27,28)25-10-13-29-14-11-25)15-18(19)22(26)24-21(20-7-4-12-30-20)16-5-2-1-3-6-16/h1-9,12,15,21H,10-11,13-14H2,(H,24,26). The van der Waals surface area contributed by atoms with Gasteiger partial charge in [-0.2, -0.15) is 4.31 Å². The Morgan fingerprint density at radius 3 is 2.45 bits per heavy atom. The van der Waals surface area contributed by atoms with Crippen LogP contribution in [0, 0.1) is 5.82 Å². The van der Waals surface area contributed by atoms with Crippen LogP contribution in [0.4, 0.5) is 4.39 Å². The fourth-order valence-corrected chi connectivity index (χ4v) is 4.84. The molecule has 2 aromatic carbocycles. The quantitative estimate of drug-likeness (QED) is 0.632. The molecule has 7 nitrogen and oxygen atoms in total. The molecular weight excluding hydrogens is 423 g/mol. The number of sulfonamides is 1. The highest BCUT2D eigenvalue weighted by molar-refractivity contribution is 7.89. The van der Waals surface area contributed by atoms with E-state index in [1.165, 1.54) is 10.6 Å². The maximum atomic E-state index is 14.5. The summed E-state index contributed by atoms with van der Waals surface area (Å²) in [6, 6.07) is 15.0. The van der Waals surface area contributed by atoms with E-state index in [0.717, 1.165) is 23.8 Å². The summed E-state index contributed by atoms with van der Waals surface area (Å²) in [4.78, 5) is 12.8. The number of amides is 1. The molecule has 31 heavy (non-hydrogen) atoms. The molecular formula is C22H21FN2O5S. The van der Waals surface area contributed by atoms with Gasteiger partial charge in [0.15, 0.2) is 0 Å². The van der Waals surface area contributed by atoms with Crippen LogP contribution in [-0.2, 0) is 14.8 Å². The first kappa shape index (κ1) is 21.2. The molecule has 1 amide bonds. The molecule has 0 saturated carbocycles. The molecule has 1 aliphatic heterocycles. The second-order valence-electron chi connectivity index (χ2n) is 6.99. The Bertz CT molecular complexity index is 1140. The number of halogens is 1. The van der Waals surface area contributed by atoms with Crippen molar-refractivity contribution in [3.8, 4) is 0 Å². The number of hydrogen-bond acceptors (Lipinski definition) is 5. The second-order valence-corrected chi connectivity index (χ2v) is 8.93. The first-order valence-electron chi connectivity index (χ1n) is 9.73. The van der Waals surface area contributed by atoms with Gasteiger partial charge in [0.2, 0.25) is 10.0 Å². The van der Waals surface area contributed by atoms with E-state index in [-0.39, 0.29) is 36.8 Å². The van der Waals surface area contributed by atoms with Crippen LogP contribution in [0.1, 0.15) is 27.7 Å². The van der Waals surface area contributed by atoms with Crippen LogP contribution in [0.3, 0.4) is 0 Å². The minimum absolute atomic E-state index is 0.143. The minimum Gasteiger partial charge on any atom is -0.467 e. The molecule has 1 N–H and O–H groups in total. The van der Waals surface area contributed by atoms with Crippen molar-refractivity contribution in [3.63, 3.8) is 0 Å². The molecule has 1 saturated heterocycles. The van der Waals surface area contributed by atoms with E-state index in [1.54, 1.807) is 12.1 Å². The molecule has 1 aliphatic rings. The Labute approximate surface area is 179 Å². The fourth-order valence-electron chi connectivity index (χ4n) is 3.40. The van der Waals surface area contributed by atoms with E-state index >= 15 is 0 Å². The largest absolute Gasteiger partial charge is 0.467 e. The molecule has 0 radical (unpaired) electrons. The summed E-state index contributed by atoms with van der Waals surface area (Å²) in [6.07, 6.45) is 1.48. The molecule has 1 fully saturated rings. The number of morpholine rings is 1. The molecule has 0 aliphatic carbocycles. The zero-order chi connectivity index (χ0) is 21.8.